The Morgan fingerprint density at radius 2 is 1.86 bits per heavy atom. The summed E-state index contributed by atoms with van der Waals surface area (Å²) >= 11 is 0. The molecule has 1 aliphatic heterocycles. The van der Waals surface area contributed by atoms with Crippen LogP contribution in [0.5, 0.6) is 0 Å². The van der Waals surface area contributed by atoms with Crippen LogP contribution in [0, 0.1) is 0 Å². The summed E-state index contributed by atoms with van der Waals surface area (Å²) in [6.45, 7) is 3.02. The maximum absolute atomic E-state index is 12.2. The zero-order chi connectivity index (χ0) is 20.1. The summed E-state index contributed by atoms with van der Waals surface area (Å²) in [6.07, 6.45) is 2.04. The van der Waals surface area contributed by atoms with E-state index in [9.17, 15) is 14.4 Å². The van der Waals surface area contributed by atoms with Crippen molar-refractivity contribution in [3.8, 4) is 0 Å². The molecule has 3 rings (SSSR count). The average Bonchev–Trinajstić information content (AvgIpc) is 2.69. The quantitative estimate of drug-likeness (QED) is 0.714. The smallest absolute Gasteiger partial charge is 0.335 e. The Kier molecular flexibility index (Phi) is 5.93. The Hall–Kier alpha value is -3.35. The highest BCUT2D eigenvalue weighted by molar-refractivity contribution is 5.97. The molecular formula is C21H23N3O4. The molecule has 28 heavy (non-hydrogen) atoms. The van der Waals surface area contributed by atoms with Crippen molar-refractivity contribution < 1.29 is 19.5 Å². The Morgan fingerprint density at radius 3 is 2.54 bits per heavy atom. The number of rotatable bonds is 6. The first-order valence-corrected chi connectivity index (χ1v) is 9.28. The van der Waals surface area contributed by atoms with Crippen LogP contribution < -0.4 is 15.5 Å². The second-order valence-electron chi connectivity index (χ2n) is 6.70. The molecule has 2 aromatic carbocycles. The molecule has 0 saturated carbocycles. The Balaban J connectivity index is 1.60. The molecule has 3 N–H and O–H groups in total. The summed E-state index contributed by atoms with van der Waals surface area (Å²) in [7, 11) is 0. The number of hydrogen-bond acceptors (Lipinski definition) is 3. The van der Waals surface area contributed by atoms with Crippen molar-refractivity contribution in [3.05, 3.63) is 59.2 Å². The number of carbonyl (C=O) groups excluding carboxylic acids is 2. The summed E-state index contributed by atoms with van der Waals surface area (Å²) in [4.78, 5) is 36.9. The summed E-state index contributed by atoms with van der Waals surface area (Å²) in [6, 6.07) is 11.6. The molecule has 0 atom stereocenters. The maximum atomic E-state index is 12.2. The van der Waals surface area contributed by atoms with E-state index in [0.717, 1.165) is 23.2 Å². The van der Waals surface area contributed by atoms with Crippen molar-refractivity contribution in [2.75, 3.05) is 16.8 Å². The van der Waals surface area contributed by atoms with Crippen LogP contribution in [0.15, 0.2) is 42.5 Å². The molecule has 3 amide bonds. The van der Waals surface area contributed by atoms with E-state index in [1.807, 2.05) is 24.0 Å². The van der Waals surface area contributed by atoms with Crippen molar-refractivity contribution in [3.63, 3.8) is 0 Å². The minimum absolute atomic E-state index is 0.140. The van der Waals surface area contributed by atoms with Gasteiger partial charge in [0.1, 0.15) is 0 Å². The summed E-state index contributed by atoms with van der Waals surface area (Å²) < 4.78 is 0. The van der Waals surface area contributed by atoms with E-state index >= 15 is 0 Å². The number of nitrogens with zero attached hydrogens (tertiary/aromatic N) is 1. The SMILES string of the molecule is CCCN1C(=O)CCc2cc(NC(=O)NCc3ccc(C(=O)O)cc3)ccc21. The molecular weight excluding hydrogens is 358 g/mol. The molecule has 0 spiro atoms. The van der Waals surface area contributed by atoms with E-state index in [4.69, 9.17) is 5.11 Å². The molecule has 146 valence electrons. The largest absolute Gasteiger partial charge is 0.478 e. The van der Waals surface area contributed by atoms with Crippen LogP contribution in [0.2, 0.25) is 0 Å². The minimum atomic E-state index is -0.983. The first kappa shape index (κ1) is 19.4. The van der Waals surface area contributed by atoms with Gasteiger partial charge in [-0.15, -0.1) is 0 Å². The number of nitrogens with one attached hydrogen (secondary N) is 2. The highest BCUT2D eigenvalue weighted by atomic mass is 16.4. The van der Waals surface area contributed by atoms with E-state index in [1.165, 1.54) is 12.1 Å². The highest BCUT2D eigenvalue weighted by Crippen LogP contribution is 2.30. The van der Waals surface area contributed by atoms with Gasteiger partial charge in [-0.25, -0.2) is 9.59 Å². The number of benzene rings is 2. The predicted octanol–water partition coefficient (Wildman–Crippen LogP) is 3.40. The number of carbonyl (C=O) groups is 3. The third-order valence-electron chi connectivity index (χ3n) is 4.64. The standard InChI is InChI=1S/C21H23N3O4/c1-2-11-24-18-9-8-17(12-16(18)7-10-19(24)25)23-21(28)22-13-14-3-5-15(6-4-14)20(26)27/h3-6,8-9,12H,2,7,10-11,13H2,1H3,(H,26,27)(H2,22,23,28). The Bertz CT molecular complexity index is 893. The van der Waals surface area contributed by atoms with Crippen molar-refractivity contribution in [2.45, 2.75) is 32.7 Å². The van der Waals surface area contributed by atoms with E-state index in [-0.39, 0.29) is 24.0 Å². The van der Waals surface area contributed by atoms with Gasteiger partial charge in [0.15, 0.2) is 0 Å². The summed E-state index contributed by atoms with van der Waals surface area (Å²) in [5, 5.41) is 14.5. The van der Waals surface area contributed by atoms with Gasteiger partial charge in [-0.1, -0.05) is 19.1 Å². The Labute approximate surface area is 163 Å². The van der Waals surface area contributed by atoms with Crippen LogP contribution in [0.25, 0.3) is 0 Å². The van der Waals surface area contributed by atoms with E-state index in [1.54, 1.807) is 18.2 Å². The number of carboxylic acids is 1. The molecule has 2 aromatic rings. The number of aryl methyl sites for hydroxylation is 1. The van der Waals surface area contributed by atoms with Gasteiger partial charge in [-0.3, -0.25) is 4.79 Å². The van der Waals surface area contributed by atoms with Crippen LogP contribution >= 0.6 is 0 Å². The monoisotopic (exact) mass is 381 g/mol. The molecule has 1 heterocycles. The van der Waals surface area contributed by atoms with Crippen molar-refractivity contribution in [2.24, 2.45) is 0 Å². The van der Waals surface area contributed by atoms with Gasteiger partial charge in [0.25, 0.3) is 0 Å². The van der Waals surface area contributed by atoms with E-state index in [2.05, 4.69) is 10.6 Å². The molecule has 0 aromatic heterocycles. The minimum Gasteiger partial charge on any atom is -0.478 e. The molecule has 7 heteroatoms. The van der Waals surface area contributed by atoms with Gasteiger partial charge in [0, 0.05) is 30.9 Å². The fourth-order valence-electron chi connectivity index (χ4n) is 3.23. The maximum Gasteiger partial charge on any atom is 0.335 e. The molecule has 0 aliphatic carbocycles. The lowest BCUT2D eigenvalue weighted by atomic mass is 10.00. The summed E-state index contributed by atoms with van der Waals surface area (Å²) in [5.41, 5.74) is 3.65. The second-order valence-corrected chi connectivity index (χ2v) is 6.70. The van der Waals surface area contributed by atoms with Gasteiger partial charge in [0.2, 0.25) is 5.91 Å². The highest BCUT2D eigenvalue weighted by Gasteiger charge is 2.23. The van der Waals surface area contributed by atoms with Gasteiger partial charge >= 0.3 is 12.0 Å². The van der Waals surface area contributed by atoms with Crippen molar-refractivity contribution in [1.29, 1.82) is 0 Å². The van der Waals surface area contributed by atoms with Gasteiger partial charge in [0.05, 0.1) is 5.56 Å². The average molecular weight is 381 g/mol. The fraction of sp³-hybridized carbons (Fsp3) is 0.286. The molecule has 0 radical (unpaired) electrons. The van der Waals surface area contributed by atoms with Crippen LogP contribution in [0.4, 0.5) is 16.2 Å². The lowest BCUT2D eigenvalue weighted by molar-refractivity contribution is -0.118. The molecule has 0 fully saturated rings. The van der Waals surface area contributed by atoms with Gasteiger partial charge in [-0.05, 0) is 54.3 Å². The van der Waals surface area contributed by atoms with Gasteiger partial charge in [-0.2, -0.15) is 0 Å². The van der Waals surface area contributed by atoms with Gasteiger partial charge < -0.3 is 20.6 Å². The van der Waals surface area contributed by atoms with Crippen molar-refractivity contribution >= 4 is 29.3 Å². The molecule has 1 aliphatic rings. The lowest BCUT2D eigenvalue weighted by Crippen LogP contribution is -2.35. The first-order chi connectivity index (χ1) is 13.5. The zero-order valence-corrected chi connectivity index (χ0v) is 15.7. The summed E-state index contributed by atoms with van der Waals surface area (Å²) in [5.74, 6) is -0.842. The third-order valence-corrected chi connectivity index (χ3v) is 4.64. The number of fused-ring (bicyclic) bond motifs is 1. The number of urea groups is 1. The number of aromatic carboxylic acids is 1. The number of carboxylic acid groups (broad SMARTS) is 1. The molecule has 0 saturated heterocycles. The van der Waals surface area contributed by atoms with Crippen molar-refractivity contribution in [1.82, 2.24) is 5.32 Å². The van der Waals surface area contributed by atoms with E-state index in [0.29, 0.717) is 25.1 Å². The van der Waals surface area contributed by atoms with Crippen LogP contribution in [0.1, 0.15) is 41.3 Å². The predicted molar refractivity (Wildman–Crippen MR) is 107 cm³/mol. The second kappa shape index (κ2) is 8.56. The number of hydrogen-bond donors (Lipinski definition) is 3. The zero-order valence-electron chi connectivity index (χ0n) is 15.7. The molecule has 0 bridgehead atoms. The number of amides is 3. The van der Waals surface area contributed by atoms with Crippen LogP contribution in [0.3, 0.4) is 0 Å². The lowest BCUT2D eigenvalue weighted by Gasteiger charge is -2.29. The van der Waals surface area contributed by atoms with Crippen LogP contribution in [-0.4, -0.2) is 29.6 Å². The van der Waals surface area contributed by atoms with Crippen LogP contribution in [-0.2, 0) is 17.8 Å². The Morgan fingerprint density at radius 1 is 1.11 bits per heavy atom. The molecule has 7 nitrogen and oxygen atoms in total. The molecule has 0 unspecified atom stereocenters. The van der Waals surface area contributed by atoms with E-state index < -0.39 is 5.97 Å². The topological polar surface area (TPSA) is 98.7 Å². The first-order valence-electron chi connectivity index (χ1n) is 9.28. The number of anilines is 2. The fourth-order valence-corrected chi connectivity index (χ4v) is 3.23. The normalized spacial score (nSPS) is 13.0. The third kappa shape index (κ3) is 4.49.